The van der Waals surface area contributed by atoms with Gasteiger partial charge in [0.2, 0.25) is 0 Å². The lowest BCUT2D eigenvalue weighted by Crippen LogP contribution is -2.49. The fourth-order valence-corrected chi connectivity index (χ4v) is 4.46. The lowest BCUT2D eigenvalue weighted by atomic mass is 9.88. The van der Waals surface area contributed by atoms with E-state index in [0.29, 0.717) is 6.04 Å². The summed E-state index contributed by atoms with van der Waals surface area (Å²) in [6.45, 7) is 7.37. The lowest BCUT2D eigenvalue weighted by Gasteiger charge is -2.38. The second-order valence-electron chi connectivity index (χ2n) is 8.62. The number of allylic oxidation sites excluding steroid dienone is 3. The van der Waals surface area contributed by atoms with Gasteiger partial charge in [-0.1, -0.05) is 12.1 Å². The number of piperazine rings is 1. The molecular formula is C25H29N5. The number of hydrogen-bond acceptors (Lipinski definition) is 5. The molecule has 154 valence electrons. The van der Waals surface area contributed by atoms with Crippen molar-refractivity contribution in [3.63, 3.8) is 0 Å². The SMILES string of the molecule is Cc1ccc(C2=CC(=C3CCC3)N3C=C(N4CCNC(C)C4)C=CC3=N2)cc1C=N. The molecule has 0 radical (unpaired) electrons. The zero-order chi connectivity index (χ0) is 20.7. The molecule has 1 saturated carbocycles. The van der Waals surface area contributed by atoms with Crippen molar-refractivity contribution in [3.05, 3.63) is 76.3 Å². The standard InChI is InChI=1S/C25H29N5/c1-17-6-7-20(12-21(17)14-26)23-13-24(19-4-3-5-19)30-16-22(8-9-25(30)28-23)29-11-10-27-18(2)15-29/h6-9,12-14,16,18,26-27H,3-5,10-11,15H2,1-2H3. The van der Waals surface area contributed by atoms with E-state index in [-0.39, 0.29) is 0 Å². The third-order valence-electron chi connectivity index (χ3n) is 6.46. The van der Waals surface area contributed by atoms with Crippen molar-refractivity contribution in [2.75, 3.05) is 19.6 Å². The lowest BCUT2D eigenvalue weighted by molar-refractivity contribution is 0.259. The van der Waals surface area contributed by atoms with Crippen LogP contribution in [0.15, 0.2) is 64.6 Å². The molecule has 3 aliphatic heterocycles. The summed E-state index contributed by atoms with van der Waals surface area (Å²) >= 11 is 0. The van der Waals surface area contributed by atoms with Gasteiger partial charge in [-0.25, -0.2) is 4.99 Å². The Hall–Kier alpha value is -2.92. The highest BCUT2D eigenvalue weighted by molar-refractivity contribution is 6.02. The van der Waals surface area contributed by atoms with Gasteiger partial charge < -0.3 is 15.6 Å². The van der Waals surface area contributed by atoms with E-state index in [4.69, 9.17) is 10.4 Å². The van der Waals surface area contributed by atoms with Crippen molar-refractivity contribution in [1.82, 2.24) is 15.1 Å². The molecular weight excluding hydrogens is 370 g/mol. The molecule has 0 amide bonds. The molecule has 1 aromatic rings. The smallest absolute Gasteiger partial charge is 0.137 e. The molecule has 4 aliphatic rings. The van der Waals surface area contributed by atoms with Crippen LogP contribution in [0.3, 0.4) is 0 Å². The van der Waals surface area contributed by atoms with Crippen LogP contribution < -0.4 is 5.32 Å². The maximum Gasteiger partial charge on any atom is 0.137 e. The molecule has 1 saturated heterocycles. The maximum atomic E-state index is 7.70. The molecule has 3 heterocycles. The third kappa shape index (κ3) is 3.43. The highest BCUT2D eigenvalue weighted by atomic mass is 15.3. The number of fused-ring (bicyclic) bond motifs is 1. The number of nitrogens with one attached hydrogen (secondary N) is 2. The van der Waals surface area contributed by atoms with Gasteiger partial charge in [-0.15, -0.1) is 0 Å². The van der Waals surface area contributed by atoms with Gasteiger partial charge in [-0.3, -0.25) is 4.90 Å². The first-order chi connectivity index (χ1) is 14.6. The number of aryl methyl sites for hydroxylation is 1. The van der Waals surface area contributed by atoms with Crippen LogP contribution in [0.4, 0.5) is 0 Å². The predicted octanol–water partition coefficient (Wildman–Crippen LogP) is 4.19. The fourth-order valence-electron chi connectivity index (χ4n) is 4.46. The van der Waals surface area contributed by atoms with Crippen molar-refractivity contribution >= 4 is 17.7 Å². The molecule has 5 nitrogen and oxygen atoms in total. The number of rotatable bonds is 3. The van der Waals surface area contributed by atoms with Crippen LogP contribution in [0, 0.1) is 12.3 Å². The Balaban J connectivity index is 1.52. The van der Waals surface area contributed by atoms with E-state index >= 15 is 0 Å². The highest BCUT2D eigenvalue weighted by Crippen LogP contribution is 2.37. The minimum absolute atomic E-state index is 0.505. The van der Waals surface area contributed by atoms with Crippen molar-refractivity contribution in [2.45, 2.75) is 39.2 Å². The number of aliphatic imine (C=N–C) groups is 1. The Morgan fingerprint density at radius 3 is 2.83 bits per heavy atom. The van der Waals surface area contributed by atoms with Crippen LogP contribution in [0.2, 0.25) is 0 Å². The van der Waals surface area contributed by atoms with E-state index in [9.17, 15) is 0 Å². The molecule has 5 rings (SSSR count). The van der Waals surface area contributed by atoms with Crippen molar-refractivity contribution in [2.24, 2.45) is 4.99 Å². The third-order valence-corrected chi connectivity index (χ3v) is 6.46. The molecule has 1 atom stereocenters. The maximum absolute atomic E-state index is 7.70. The largest absolute Gasteiger partial charge is 0.368 e. The second-order valence-corrected chi connectivity index (χ2v) is 8.62. The summed E-state index contributed by atoms with van der Waals surface area (Å²) in [6.07, 6.45) is 13.9. The molecule has 2 fully saturated rings. The fraction of sp³-hybridized carbons (Fsp3) is 0.360. The molecule has 30 heavy (non-hydrogen) atoms. The predicted molar refractivity (Wildman–Crippen MR) is 123 cm³/mol. The molecule has 1 aliphatic carbocycles. The van der Waals surface area contributed by atoms with Gasteiger partial charge >= 0.3 is 0 Å². The molecule has 1 unspecified atom stereocenters. The molecule has 0 bridgehead atoms. The van der Waals surface area contributed by atoms with Crippen LogP contribution in [-0.4, -0.2) is 47.5 Å². The Labute approximate surface area is 178 Å². The van der Waals surface area contributed by atoms with E-state index in [2.05, 4.69) is 64.7 Å². The van der Waals surface area contributed by atoms with E-state index in [1.165, 1.54) is 42.4 Å². The van der Waals surface area contributed by atoms with Crippen LogP contribution in [0.5, 0.6) is 0 Å². The summed E-state index contributed by atoms with van der Waals surface area (Å²) in [6, 6.07) is 6.78. The van der Waals surface area contributed by atoms with Crippen LogP contribution in [0.1, 0.15) is 42.9 Å². The van der Waals surface area contributed by atoms with Crippen LogP contribution in [-0.2, 0) is 0 Å². The van der Waals surface area contributed by atoms with Crippen molar-refractivity contribution < 1.29 is 0 Å². The van der Waals surface area contributed by atoms with Crippen molar-refractivity contribution in [3.8, 4) is 0 Å². The van der Waals surface area contributed by atoms with Crippen LogP contribution in [0.25, 0.3) is 5.70 Å². The normalized spacial score (nSPS) is 23.4. The van der Waals surface area contributed by atoms with Gasteiger partial charge in [0, 0.05) is 49.4 Å². The van der Waals surface area contributed by atoms with Gasteiger partial charge in [0.1, 0.15) is 5.84 Å². The van der Waals surface area contributed by atoms with Gasteiger partial charge in [0.05, 0.1) is 11.4 Å². The number of benzene rings is 1. The second kappa shape index (κ2) is 7.73. The average molecular weight is 400 g/mol. The van der Waals surface area contributed by atoms with Gasteiger partial charge in [-0.05, 0) is 74.1 Å². The Kier molecular flexibility index (Phi) is 4.91. The number of nitrogens with zero attached hydrogens (tertiary/aromatic N) is 3. The summed E-state index contributed by atoms with van der Waals surface area (Å²) in [5.41, 5.74) is 8.18. The van der Waals surface area contributed by atoms with Crippen molar-refractivity contribution in [1.29, 1.82) is 5.41 Å². The zero-order valence-electron chi connectivity index (χ0n) is 17.8. The monoisotopic (exact) mass is 399 g/mol. The summed E-state index contributed by atoms with van der Waals surface area (Å²) in [5, 5.41) is 11.2. The topological polar surface area (TPSA) is 54.7 Å². The van der Waals surface area contributed by atoms with E-state index in [1.807, 2.05) is 6.92 Å². The molecule has 5 heteroatoms. The molecule has 1 aromatic carbocycles. The molecule has 0 aromatic heterocycles. The Bertz CT molecular complexity index is 1030. The summed E-state index contributed by atoms with van der Waals surface area (Å²) in [4.78, 5) is 9.75. The molecule has 0 spiro atoms. The highest BCUT2D eigenvalue weighted by Gasteiger charge is 2.28. The van der Waals surface area contributed by atoms with Gasteiger partial charge in [0.25, 0.3) is 0 Å². The van der Waals surface area contributed by atoms with Crippen LogP contribution >= 0.6 is 0 Å². The quantitative estimate of drug-likeness (QED) is 0.750. The first-order valence-electron chi connectivity index (χ1n) is 10.9. The Morgan fingerprint density at radius 2 is 2.10 bits per heavy atom. The summed E-state index contributed by atoms with van der Waals surface area (Å²) in [7, 11) is 0. The number of hydrogen-bond donors (Lipinski definition) is 2. The first kappa shape index (κ1) is 19.1. The minimum Gasteiger partial charge on any atom is -0.368 e. The van der Waals surface area contributed by atoms with E-state index in [1.54, 1.807) is 0 Å². The zero-order valence-corrected chi connectivity index (χ0v) is 17.8. The average Bonchev–Trinajstić information content (AvgIpc) is 2.72. The summed E-state index contributed by atoms with van der Waals surface area (Å²) in [5.74, 6) is 0.978. The Morgan fingerprint density at radius 1 is 1.23 bits per heavy atom. The van der Waals surface area contributed by atoms with Gasteiger partial charge in [-0.2, -0.15) is 0 Å². The molecule has 2 N–H and O–H groups in total. The van der Waals surface area contributed by atoms with E-state index in [0.717, 1.165) is 47.9 Å². The first-order valence-corrected chi connectivity index (χ1v) is 10.9. The number of amidine groups is 1. The summed E-state index contributed by atoms with van der Waals surface area (Å²) < 4.78 is 0. The minimum atomic E-state index is 0.505. The van der Waals surface area contributed by atoms with E-state index < -0.39 is 0 Å². The van der Waals surface area contributed by atoms with Gasteiger partial charge in [0.15, 0.2) is 0 Å².